The van der Waals surface area contributed by atoms with Gasteiger partial charge in [0.1, 0.15) is 12.2 Å². The van der Waals surface area contributed by atoms with Gasteiger partial charge in [0.15, 0.2) is 5.78 Å². The monoisotopic (exact) mass is 346 g/mol. The lowest BCUT2D eigenvalue weighted by Gasteiger charge is -2.23. The summed E-state index contributed by atoms with van der Waals surface area (Å²) < 4.78 is 5.36. The first kappa shape index (κ1) is 19.3. The molecular weight excluding hydrogens is 320 g/mol. The van der Waals surface area contributed by atoms with Crippen LogP contribution < -0.4 is 0 Å². The number of aliphatic hydroxyl groups excluding tert-OH is 1. The number of aliphatic hydroxyl groups is 2. The molecule has 0 aromatic carbocycles. The van der Waals surface area contributed by atoms with E-state index in [0.29, 0.717) is 30.4 Å². The SMILES string of the molecule is CC1=CC[C@H](/C(C)=C/CC[C@@](C)(O)/C=C2/C(=O)C(C)=C[C@@H]2O)OC1=O. The molecule has 0 bridgehead atoms. The summed E-state index contributed by atoms with van der Waals surface area (Å²) >= 11 is 0. The zero-order valence-corrected chi connectivity index (χ0v) is 15.2. The highest BCUT2D eigenvalue weighted by atomic mass is 16.5. The predicted molar refractivity (Wildman–Crippen MR) is 94.7 cm³/mol. The Bertz CT molecular complexity index is 691. The first-order chi connectivity index (χ1) is 11.6. The summed E-state index contributed by atoms with van der Waals surface area (Å²) in [5.74, 6) is -0.520. The summed E-state index contributed by atoms with van der Waals surface area (Å²) in [6.07, 6.45) is 7.15. The van der Waals surface area contributed by atoms with Crippen molar-refractivity contribution >= 4 is 11.8 Å². The number of carbonyl (C=O) groups is 2. The molecule has 2 aliphatic rings. The van der Waals surface area contributed by atoms with Crippen LogP contribution in [0.15, 0.2) is 46.6 Å². The number of cyclic esters (lactones) is 1. The van der Waals surface area contributed by atoms with Crippen molar-refractivity contribution in [2.75, 3.05) is 0 Å². The van der Waals surface area contributed by atoms with Crippen LogP contribution in [0, 0.1) is 0 Å². The number of hydrogen-bond acceptors (Lipinski definition) is 5. The minimum atomic E-state index is -1.21. The molecular formula is C20H26O5. The maximum atomic E-state index is 12.0. The largest absolute Gasteiger partial charge is 0.454 e. The lowest BCUT2D eigenvalue weighted by molar-refractivity contribution is -0.143. The van der Waals surface area contributed by atoms with Crippen LogP contribution in [0.5, 0.6) is 0 Å². The normalized spacial score (nSPS) is 28.6. The Morgan fingerprint density at radius 1 is 1.36 bits per heavy atom. The van der Waals surface area contributed by atoms with Gasteiger partial charge in [0, 0.05) is 17.6 Å². The zero-order chi connectivity index (χ0) is 18.8. The Hall–Kier alpha value is -1.98. The van der Waals surface area contributed by atoms with E-state index in [1.54, 1.807) is 20.8 Å². The van der Waals surface area contributed by atoms with E-state index in [0.717, 1.165) is 5.57 Å². The third-order valence-corrected chi connectivity index (χ3v) is 4.65. The van der Waals surface area contributed by atoms with Crippen molar-refractivity contribution in [3.05, 3.63) is 46.6 Å². The van der Waals surface area contributed by atoms with E-state index in [9.17, 15) is 19.8 Å². The van der Waals surface area contributed by atoms with E-state index in [1.165, 1.54) is 12.2 Å². The van der Waals surface area contributed by atoms with Gasteiger partial charge < -0.3 is 14.9 Å². The van der Waals surface area contributed by atoms with E-state index in [4.69, 9.17) is 4.74 Å². The number of esters is 1. The highest BCUT2D eigenvalue weighted by Gasteiger charge is 2.29. The Morgan fingerprint density at radius 3 is 2.60 bits per heavy atom. The molecule has 0 unspecified atom stereocenters. The summed E-state index contributed by atoms with van der Waals surface area (Å²) in [6, 6.07) is 0. The fourth-order valence-corrected chi connectivity index (χ4v) is 2.96. The third-order valence-electron chi connectivity index (χ3n) is 4.65. The molecule has 25 heavy (non-hydrogen) atoms. The van der Waals surface area contributed by atoms with E-state index in [1.807, 2.05) is 19.1 Å². The van der Waals surface area contributed by atoms with Crippen molar-refractivity contribution in [2.24, 2.45) is 0 Å². The molecule has 0 aromatic heterocycles. The second-order valence-corrected chi connectivity index (χ2v) is 7.08. The second-order valence-electron chi connectivity index (χ2n) is 7.08. The van der Waals surface area contributed by atoms with Crippen LogP contribution in [0.1, 0.15) is 47.0 Å². The van der Waals surface area contributed by atoms with Gasteiger partial charge >= 0.3 is 5.97 Å². The van der Waals surface area contributed by atoms with Crippen LogP contribution in [0.4, 0.5) is 0 Å². The van der Waals surface area contributed by atoms with Crippen molar-refractivity contribution in [3.63, 3.8) is 0 Å². The van der Waals surface area contributed by atoms with Crippen LogP contribution in [-0.2, 0) is 14.3 Å². The number of Topliss-reactive ketones (excluding diaryl/α,β-unsaturated/α-hetero) is 1. The summed E-state index contributed by atoms with van der Waals surface area (Å²) in [5.41, 5.74) is 1.08. The molecule has 1 heterocycles. The second kappa shape index (κ2) is 7.50. The van der Waals surface area contributed by atoms with Gasteiger partial charge in [-0.25, -0.2) is 4.79 Å². The first-order valence-corrected chi connectivity index (χ1v) is 8.51. The fourth-order valence-electron chi connectivity index (χ4n) is 2.96. The van der Waals surface area contributed by atoms with Gasteiger partial charge in [-0.2, -0.15) is 0 Å². The molecule has 2 N–H and O–H groups in total. The van der Waals surface area contributed by atoms with Gasteiger partial charge in [0.05, 0.1) is 5.60 Å². The van der Waals surface area contributed by atoms with Crippen LogP contribution in [0.2, 0.25) is 0 Å². The number of hydrogen-bond donors (Lipinski definition) is 2. The number of ether oxygens (including phenoxy) is 1. The van der Waals surface area contributed by atoms with Gasteiger partial charge in [-0.15, -0.1) is 0 Å². The fraction of sp³-hybridized carbons (Fsp3) is 0.500. The minimum absolute atomic E-state index is 0.226. The van der Waals surface area contributed by atoms with Gasteiger partial charge in [0.25, 0.3) is 0 Å². The molecule has 136 valence electrons. The number of carbonyl (C=O) groups excluding carboxylic acids is 2. The Labute approximate surface area is 148 Å². The molecule has 1 aliphatic carbocycles. The van der Waals surface area contributed by atoms with Crippen LogP contribution in [0.3, 0.4) is 0 Å². The maximum Gasteiger partial charge on any atom is 0.333 e. The van der Waals surface area contributed by atoms with Crippen molar-refractivity contribution in [3.8, 4) is 0 Å². The summed E-state index contributed by atoms with van der Waals surface area (Å²) in [5, 5.41) is 20.4. The topological polar surface area (TPSA) is 83.8 Å². The van der Waals surface area contributed by atoms with Crippen molar-refractivity contribution in [1.29, 1.82) is 0 Å². The lowest BCUT2D eigenvalue weighted by Crippen LogP contribution is -2.25. The molecule has 0 spiro atoms. The molecule has 0 aromatic rings. The standard InChI is InChI=1S/C20H26O5/c1-12(17-8-7-13(2)19(23)25-17)6-5-9-20(4,24)11-15-16(21)10-14(3)18(15)22/h6-7,10-11,16-17,21,24H,5,8-9H2,1-4H3/b12-6+,15-11+/t16-,17+,20+/m0/s1. The van der Waals surface area contributed by atoms with Gasteiger partial charge in [-0.05, 0) is 63.8 Å². The molecule has 0 saturated carbocycles. The Kier molecular flexibility index (Phi) is 5.80. The predicted octanol–water partition coefficient (Wildman–Crippen LogP) is 2.54. The number of rotatable bonds is 5. The van der Waals surface area contributed by atoms with E-state index in [2.05, 4.69) is 0 Å². The molecule has 3 atom stereocenters. The molecule has 0 radical (unpaired) electrons. The van der Waals surface area contributed by atoms with Crippen molar-refractivity contribution in [1.82, 2.24) is 0 Å². The van der Waals surface area contributed by atoms with E-state index < -0.39 is 11.7 Å². The van der Waals surface area contributed by atoms with Crippen LogP contribution in [-0.4, -0.2) is 39.8 Å². The summed E-state index contributed by atoms with van der Waals surface area (Å²) in [4.78, 5) is 23.6. The maximum absolute atomic E-state index is 12.0. The van der Waals surface area contributed by atoms with Crippen molar-refractivity contribution < 1.29 is 24.5 Å². The Morgan fingerprint density at radius 2 is 2.04 bits per heavy atom. The van der Waals surface area contributed by atoms with E-state index >= 15 is 0 Å². The van der Waals surface area contributed by atoms with Gasteiger partial charge in [-0.1, -0.05) is 12.2 Å². The molecule has 5 nitrogen and oxygen atoms in total. The quantitative estimate of drug-likeness (QED) is 0.454. The van der Waals surface area contributed by atoms with Gasteiger partial charge in [-0.3, -0.25) is 4.79 Å². The summed E-state index contributed by atoms with van der Waals surface area (Å²) in [6.45, 7) is 6.90. The third kappa shape index (κ3) is 4.77. The molecule has 0 saturated heterocycles. The lowest BCUT2D eigenvalue weighted by atomic mass is 9.93. The van der Waals surface area contributed by atoms with Crippen LogP contribution >= 0.6 is 0 Å². The first-order valence-electron chi connectivity index (χ1n) is 8.51. The molecule has 0 amide bonds. The minimum Gasteiger partial charge on any atom is -0.454 e. The highest BCUT2D eigenvalue weighted by Crippen LogP contribution is 2.26. The van der Waals surface area contributed by atoms with Crippen LogP contribution in [0.25, 0.3) is 0 Å². The average Bonchev–Trinajstić information content (AvgIpc) is 2.76. The summed E-state index contributed by atoms with van der Waals surface area (Å²) in [7, 11) is 0. The molecule has 2 rings (SSSR count). The average molecular weight is 346 g/mol. The number of allylic oxidation sites excluding steroid dienone is 2. The molecule has 1 aliphatic heterocycles. The molecule has 5 heteroatoms. The highest BCUT2D eigenvalue weighted by molar-refractivity contribution is 6.11. The van der Waals surface area contributed by atoms with E-state index in [-0.39, 0.29) is 23.4 Å². The van der Waals surface area contributed by atoms with Crippen molar-refractivity contribution in [2.45, 2.75) is 64.8 Å². The smallest absolute Gasteiger partial charge is 0.333 e. The zero-order valence-electron chi connectivity index (χ0n) is 15.2. The Balaban J connectivity index is 1.96. The van der Waals surface area contributed by atoms with Gasteiger partial charge in [0.2, 0.25) is 0 Å². The number of ketones is 1. The molecule has 0 fully saturated rings.